The Labute approximate surface area is 149 Å². The fourth-order valence-corrected chi connectivity index (χ4v) is 3.13. The number of hydrogen-bond donors (Lipinski definition) is 1. The summed E-state index contributed by atoms with van der Waals surface area (Å²) in [5.74, 6) is 0.617. The number of hydrogen-bond acceptors (Lipinski definition) is 3. The molecule has 110 valence electrons. The van der Waals surface area contributed by atoms with Gasteiger partial charge in [0.05, 0.1) is 7.11 Å². The average Bonchev–Trinajstić information content (AvgIpc) is 2.62. The molecule has 0 saturated carbocycles. The molecule has 0 spiro atoms. The van der Waals surface area contributed by atoms with E-state index in [1.807, 2.05) is 0 Å². The van der Waals surface area contributed by atoms with Gasteiger partial charge in [-0.15, -0.1) is 0 Å². The maximum atomic E-state index is 11.6. The SMILES string of the molecule is CCCCc1cc(S(=O)(=O)O)c2ccccc(OC)c1-2.[H-].[Na+]. The van der Waals surface area contributed by atoms with Crippen molar-refractivity contribution in [3.63, 3.8) is 0 Å². The van der Waals surface area contributed by atoms with Crippen molar-refractivity contribution < 1.29 is 48.7 Å². The third-order valence-corrected chi connectivity index (χ3v) is 4.22. The monoisotopic (exact) mass is 318 g/mol. The van der Waals surface area contributed by atoms with E-state index in [2.05, 4.69) is 6.92 Å². The predicted octanol–water partition coefficient (Wildman–Crippen LogP) is 0.506. The van der Waals surface area contributed by atoms with Crippen LogP contribution in [0.3, 0.4) is 0 Å². The van der Waals surface area contributed by atoms with E-state index in [0.717, 1.165) is 30.4 Å². The van der Waals surface area contributed by atoms with Gasteiger partial charge in [0.2, 0.25) is 0 Å². The molecule has 2 aliphatic carbocycles. The average molecular weight is 318 g/mol. The summed E-state index contributed by atoms with van der Waals surface area (Å²) in [6.07, 6.45) is 2.71. The van der Waals surface area contributed by atoms with Crippen molar-refractivity contribution in [2.75, 3.05) is 7.11 Å². The van der Waals surface area contributed by atoms with E-state index in [1.165, 1.54) is 0 Å². The van der Waals surface area contributed by atoms with Crippen LogP contribution in [0.2, 0.25) is 0 Å². The van der Waals surface area contributed by atoms with E-state index >= 15 is 0 Å². The third kappa shape index (κ3) is 3.99. The van der Waals surface area contributed by atoms with Gasteiger partial charge < -0.3 is 6.16 Å². The molecule has 21 heavy (non-hydrogen) atoms. The first-order valence-corrected chi connectivity index (χ1v) is 7.99. The van der Waals surface area contributed by atoms with E-state index in [9.17, 15) is 13.0 Å². The smallest absolute Gasteiger partial charge is 1.00 e. The molecule has 0 atom stereocenters. The number of unbranched alkanes of at least 4 members (excludes halogenated alkanes) is 1. The Hall–Kier alpha value is -0.590. The zero-order valence-corrected chi connectivity index (χ0v) is 15.4. The Morgan fingerprint density at radius 1 is 1.29 bits per heavy atom. The van der Waals surface area contributed by atoms with Crippen LogP contribution in [0.25, 0.3) is 11.1 Å². The van der Waals surface area contributed by atoms with Gasteiger partial charge in [0.15, 0.2) is 0 Å². The zero-order chi connectivity index (χ0) is 14.8. The molecule has 1 N–H and O–H groups in total. The molecule has 0 bridgehead atoms. The first kappa shape index (κ1) is 18.5. The minimum atomic E-state index is -4.24. The normalized spacial score (nSPS) is 11.2. The predicted molar refractivity (Wildman–Crippen MR) is 79.2 cm³/mol. The second-order valence-electron chi connectivity index (χ2n) is 4.69. The van der Waals surface area contributed by atoms with Gasteiger partial charge in [-0.25, -0.2) is 0 Å². The second-order valence-corrected chi connectivity index (χ2v) is 6.08. The molecule has 0 unspecified atom stereocenters. The minimum Gasteiger partial charge on any atom is -1.00 e. The third-order valence-electron chi connectivity index (χ3n) is 3.33. The molecule has 0 heterocycles. The van der Waals surface area contributed by atoms with Crippen molar-refractivity contribution in [1.82, 2.24) is 0 Å². The molecule has 0 aromatic heterocycles. The molecular weight excluding hydrogens is 299 g/mol. The van der Waals surface area contributed by atoms with Crippen LogP contribution in [0.15, 0.2) is 35.2 Å². The molecule has 0 radical (unpaired) electrons. The number of fused-ring (bicyclic) bond motifs is 1. The van der Waals surface area contributed by atoms with Gasteiger partial charge in [0, 0.05) is 11.1 Å². The van der Waals surface area contributed by atoms with E-state index in [1.54, 1.807) is 37.4 Å². The van der Waals surface area contributed by atoms with Crippen molar-refractivity contribution in [3.05, 3.63) is 35.9 Å². The van der Waals surface area contributed by atoms with Crippen LogP contribution in [-0.2, 0) is 16.5 Å². The molecule has 0 aromatic rings. The molecular formula is C15H19NaO4S. The van der Waals surface area contributed by atoms with Crippen LogP contribution in [0.5, 0.6) is 5.75 Å². The van der Waals surface area contributed by atoms with Crippen molar-refractivity contribution >= 4 is 10.1 Å². The summed E-state index contributed by atoms with van der Waals surface area (Å²) in [5, 5.41) is 0. The van der Waals surface area contributed by atoms with Gasteiger partial charge in [-0.05, 0) is 30.5 Å². The molecule has 2 aliphatic rings. The minimum absolute atomic E-state index is 0. The summed E-state index contributed by atoms with van der Waals surface area (Å²) in [4.78, 5) is -0.0481. The fraction of sp³-hybridized carbons (Fsp3) is 0.333. The Morgan fingerprint density at radius 3 is 2.52 bits per heavy atom. The topological polar surface area (TPSA) is 63.6 Å². The van der Waals surface area contributed by atoms with Gasteiger partial charge in [0.25, 0.3) is 10.1 Å². The second kappa shape index (κ2) is 7.61. The summed E-state index contributed by atoms with van der Waals surface area (Å²) in [6.45, 7) is 2.08. The zero-order valence-electron chi connectivity index (χ0n) is 13.6. The summed E-state index contributed by atoms with van der Waals surface area (Å²) in [7, 11) is -2.69. The molecule has 6 heteroatoms. The number of ether oxygens (including phenoxy) is 1. The molecule has 4 nitrogen and oxygen atoms in total. The number of methoxy groups -OCH3 is 1. The Kier molecular flexibility index (Phi) is 6.69. The summed E-state index contributed by atoms with van der Waals surface area (Å²) >= 11 is 0. The molecule has 0 saturated heterocycles. The number of aryl methyl sites for hydroxylation is 1. The molecule has 0 fully saturated rings. The van der Waals surface area contributed by atoms with Gasteiger partial charge in [-0.1, -0.05) is 31.5 Å². The van der Waals surface area contributed by atoms with Crippen LogP contribution in [-0.4, -0.2) is 20.1 Å². The van der Waals surface area contributed by atoms with Crippen LogP contribution < -0.4 is 34.3 Å². The Morgan fingerprint density at radius 2 is 1.95 bits per heavy atom. The molecule has 0 aromatic carbocycles. The molecule has 2 rings (SSSR count). The van der Waals surface area contributed by atoms with E-state index < -0.39 is 10.1 Å². The summed E-state index contributed by atoms with van der Waals surface area (Å²) in [6, 6.07) is 8.57. The van der Waals surface area contributed by atoms with Crippen molar-refractivity contribution in [1.29, 1.82) is 0 Å². The first-order chi connectivity index (χ1) is 9.49. The fourth-order valence-electron chi connectivity index (χ4n) is 2.39. The maximum Gasteiger partial charge on any atom is 1.00 e. The quantitative estimate of drug-likeness (QED) is 0.644. The van der Waals surface area contributed by atoms with Crippen LogP contribution >= 0.6 is 0 Å². The van der Waals surface area contributed by atoms with E-state index in [0.29, 0.717) is 11.3 Å². The number of rotatable bonds is 5. The first-order valence-electron chi connectivity index (χ1n) is 6.55. The van der Waals surface area contributed by atoms with Crippen molar-refractivity contribution in [2.24, 2.45) is 0 Å². The summed E-state index contributed by atoms with van der Waals surface area (Å²) in [5.41, 5.74) is 2.15. The van der Waals surface area contributed by atoms with Crippen LogP contribution in [0.4, 0.5) is 0 Å². The van der Waals surface area contributed by atoms with Gasteiger partial charge in [-0.2, -0.15) is 8.42 Å². The van der Waals surface area contributed by atoms with Crippen LogP contribution in [0, 0.1) is 0 Å². The van der Waals surface area contributed by atoms with Gasteiger partial charge in [0.1, 0.15) is 10.6 Å². The summed E-state index contributed by atoms with van der Waals surface area (Å²) < 4.78 is 37.9. The largest absolute Gasteiger partial charge is 1.00 e. The maximum absolute atomic E-state index is 11.6. The van der Waals surface area contributed by atoms with Crippen LogP contribution in [0.1, 0.15) is 26.8 Å². The standard InChI is InChI=1S/C15H18O4S.Na.H/c1-3-4-7-11-10-14(20(16,17)18)12-8-5-6-9-13(19-2)15(11)12;;/h5-6,8-10H,3-4,7H2,1-2H3,(H,16,17,18);;/q;+1;-1. The Balaban J connectivity index is 0.00000220. The van der Waals surface area contributed by atoms with Crippen molar-refractivity contribution in [2.45, 2.75) is 31.1 Å². The molecule has 0 aliphatic heterocycles. The van der Waals surface area contributed by atoms with E-state index in [-0.39, 0.29) is 35.9 Å². The van der Waals surface area contributed by atoms with E-state index in [4.69, 9.17) is 4.74 Å². The van der Waals surface area contributed by atoms with Gasteiger partial charge >= 0.3 is 29.6 Å². The van der Waals surface area contributed by atoms with Crippen molar-refractivity contribution in [3.8, 4) is 16.9 Å². The Bertz CT molecular complexity index is 688. The van der Waals surface area contributed by atoms with Gasteiger partial charge in [-0.3, -0.25) is 4.55 Å². The molecule has 0 amide bonds.